The molecule has 17 heavy (non-hydrogen) atoms. The average molecular weight is 242 g/mol. The summed E-state index contributed by atoms with van der Waals surface area (Å²) in [5.74, 6) is -0.752. The standard InChI is InChI=1S/C13H26N2O2/c1-5-15(11-6-7-11)9-8-13(4,12(16)17)14-10(2)3/h10-11,14H,5-9H2,1-4H3,(H,16,17). The molecule has 0 saturated heterocycles. The summed E-state index contributed by atoms with van der Waals surface area (Å²) in [6.45, 7) is 9.79. The van der Waals surface area contributed by atoms with Crippen LogP contribution < -0.4 is 5.32 Å². The molecule has 1 aliphatic rings. The minimum absolute atomic E-state index is 0.187. The van der Waals surface area contributed by atoms with Crippen molar-refractivity contribution in [1.82, 2.24) is 10.2 Å². The molecule has 0 aromatic heterocycles. The summed E-state index contributed by atoms with van der Waals surface area (Å²) in [5, 5.41) is 12.5. The highest BCUT2D eigenvalue weighted by Gasteiger charge is 2.35. The van der Waals surface area contributed by atoms with E-state index in [4.69, 9.17) is 0 Å². The zero-order valence-corrected chi connectivity index (χ0v) is 11.5. The lowest BCUT2D eigenvalue weighted by Crippen LogP contribution is -2.54. The largest absolute Gasteiger partial charge is 0.480 e. The second-order valence-electron chi connectivity index (χ2n) is 5.55. The Balaban J connectivity index is 2.50. The van der Waals surface area contributed by atoms with Crippen molar-refractivity contribution < 1.29 is 9.90 Å². The molecule has 100 valence electrons. The van der Waals surface area contributed by atoms with Crippen molar-refractivity contribution in [3.8, 4) is 0 Å². The molecule has 0 amide bonds. The van der Waals surface area contributed by atoms with E-state index in [9.17, 15) is 9.90 Å². The average Bonchev–Trinajstić information content (AvgIpc) is 3.01. The molecule has 0 bridgehead atoms. The van der Waals surface area contributed by atoms with E-state index in [0.29, 0.717) is 12.5 Å². The number of aliphatic carboxylic acids is 1. The maximum atomic E-state index is 11.4. The van der Waals surface area contributed by atoms with Crippen LogP contribution in [0, 0.1) is 0 Å². The number of nitrogens with zero attached hydrogens (tertiary/aromatic N) is 1. The van der Waals surface area contributed by atoms with Gasteiger partial charge in [-0.1, -0.05) is 6.92 Å². The minimum Gasteiger partial charge on any atom is -0.480 e. The van der Waals surface area contributed by atoms with Crippen LogP contribution in [-0.2, 0) is 4.79 Å². The molecule has 1 atom stereocenters. The summed E-state index contributed by atoms with van der Waals surface area (Å²) < 4.78 is 0. The van der Waals surface area contributed by atoms with E-state index in [1.165, 1.54) is 12.8 Å². The Morgan fingerprint density at radius 3 is 2.47 bits per heavy atom. The molecule has 0 aromatic rings. The van der Waals surface area contributed by atoms with Gasteiger partial charge in [0, 0.05) is 18.6 Å². The lowest BCUT2D eigenvalue weighted by molar-refractivity contribution is -0.145. The number of hydrogen-bond donors (Lipinski definition) is 2. The maximum absolute atomic E-state index is 11.4. The third-order valence-electron chi connectivity index (χ3n) is 3.45. The van der Waals surface area contributed by atoms with E-state index in [0.717, 1.165) is 13.1 Å². The maximum Gasteiger partial charge on any atom is 0.323 e. The fourth-order valence-electron chi connectivity index (χ4n) is 2.28. The number of carboxylic acids is 1. The molecule has 0 aromatic carbocycles. The fourth-order valence-corrected chi connectivity index (χ4v) is 2.28. The lowest BCUT2D eigenvalue weighted by atomic mass is 9.96. The van der Waals surface area contributed by atoms with Gasteiger partial charge in [0.1, 0.15) is 5.54 Å². The molecule has 0 spiro atoms. The van der Waals surface area contributed by atoms with Crippen LogP contribution in [0.3, 0.4) is 0 Å². The van der Waals surface area contributed by atoms with Crippen molar-refractivity contribution in [2.45, 2.75) is 64.6 Å². The molecule has 0 heterocycles. The van der Waals surface area contributed by atoms with E-state index >= 15 is 0 Å². The van der Waals surface area contributed by atoms with Crippen molar-refractivity contribution >= 4 is 5.97 Å². The topological polar surface area (TPSA) is 52.6 Å². The molecule has 0 radical (unpaired) electrons. The zero-order valence-electron chi connectivity index (χ0n) is 11.5. The molecule has 2 N–H and O–H groups in total. The summed E-state index contributed by atoms with van der Waals surface area (Å²) in [6.07, 6.45) is 3.20. The van der Waals surface area contributed by atoms with Gasteiger partial charge in [0.2, 0.25) is 0 Å². The second-order valence-corrected chi connectivity index (χ2v) is 5.55. The van der Waals surface area contributed by atoms with Gasteiger partial charge < -0.3 is 10.0 Å². The van der Waals surface area contributed by atoms with Crippen LogP contribution in [-0.4, -0.2) is 46.7 Å². The Morgan fingerprint density at radius 1 is 1.53 bits per heavy atom. The van der Waals surface area contributed by atoms with Gasteiger partial charge in [-0.05, 0) is 46.6 Å². The van der Waals surface area contributed by atoms with Crippen molar-refractivity contribution in [1.29, 1.82) is 0 Å². The molecule has 1 rings (SSSR count). The van der Waals surface area contributed by atoms with E-state index in [1.807, 2.05) is 13.8 Å². The van der Waals surface area contributed by atoms with E-state index in [2.05, 4.69) is 17.1 Å². The lowest BCUT2D eigenvalue weighted by Gasteiger charge is -2.31. The third-order valence-corrected chi connectivity index (χ3v) is 3.45. The molecular weight excluding hydrogens is 216 g/mol. The molecule has 1 fully saturated rings. The molecule has 4 nitrogen and oxygen atoms in total. The predicted molar refractivity (Wildman–Crippen MR) is 69.2 cm³/mol. The van der Waals surface area contributed by atoms with Crippen molar-refractivity contribution in [3.63, 3.8) is 0 Å². The summed E-state index contributed by atoms with van der Waals surface area (Å²) in [5.41, 5.74) is -0.809. The van der Waals surface area contributed by atoms with Crippen LogP contribution in [0.2, 0.25) is 0 Å². The Labute approximate surface area is 104 Å². The Morgan fingerprint density at radius 2 is 2.12 bits per heavy atom. The second kappa shape index (κ2) is 5.83. The Bertz CT molecular complexity index is 264. The van der Waals surface area contributed by atoms with Gasteiger partial charge >= 0.3 is 5.97 Å². The molecule has 4 heteroatoms. The van der Waals surface area contributed by atoms with Gasteiger partial charge in [0.05, 0.1) is 0 Å². The molecule has 0 aliphatic heterocycles. The summed E-state index contributed by atoms with van der Waals surface area (Å²) in [7, 11) is 0. The molecular formula is C13H26N2O2. The van der Waals surface area contributed by atoms with Gasteiger partial charge in [0.15, 0.2) is 0 Å². The van der Waals surface area contributed by atoms with Crippen molar-refractivity contribution in [3.05, 3.63) is 0 Å². The van der Waals surface area contributed by atoms with Gasteiger partial charge in [-0.2, -0.15) is 0 Å². The third kappa shape index (κ3) is 4.28. The van der Waals surface area contributed by atoms with E-state index in [-0.39, 0.29) is 6.04 Å². The Hall–Kier alpha value is -0.610. The minimum atomic E-state index is -0.809. The number of nitrogens with one attached hydrogen (secondary N) is 1. The van der Waals surface area contributed by atoms with Crippen molar-refractivity contribution in [2.75, 3.05) is 13.1 Å². The summed E-state index contributed by atoms with van der Waals surface area (Å²) in [4.78, 5) is 13.8. The van der Waals surface area contributed by atoms with E-state index in [1.54, 1.807) is 6.92 Å². The molecule has 1 aliphatic carbocycles. The van der Waals surface area contributed by atoms with Crippen LogP contribution in [0.15, 0.2) is 0 Å². The first-order valence-electron chi connectivity index (χ1n) is 6.64. The van der Waals surface area contributed by atoms with Crippen LogP contribution >= 0.6 is 0 Å². The fraction of sp³-hybridized carbons (Fsp3) is 0.923. The van der Waals surface area contributed by atoms with Crippen LogP contribution in [0.5, 0.6) is 0 Å². The number of carboxylic acid groups (broad SMARTS) is 1. The van der Waals surface area contributed by atoms with Crippen LogP contribution in [0.4, 0.5) is 0 Å². The highest BCUT2D eigenvalue weighted by Crippen LogP contribution is 2.27. The van der Waals surface area contributed by atoms with Crippen LogP contribution in [0.1, 0.15) is 47.0 Å². The van der Waals surface area contributed by atoms with Gasteiger partial charge in [-0.25, -0.2) is 0 Å². The SMILES string of the molecule is CCN(CCC(C)(NC(C)C)C(=O)O)C1CC1. The monoisotopic (exact) mass is 242 g/mol. The predicted octanol–water partition coefficient (Wildman–Crippen LogP) is 1.70. The quantitative estimate of drug-likeness (QED) is 0.680. The smallest absolute Gasteiger partial charge is 0.323 e. The summed E-state index contributed by atoms with van der Waals surface area (Å²) in [6, 6.07) is 0.893. The van der Waals surface area contributed by atoms with Gasteiger partial charge in [-0.15, -0.1) is 0 Å². The normalized spacial score (nSPS) is 19.6. The Kier molecular flexibility index (Phi) is 4.95. The summed E-state index contributed by atoms with van der Waals surface area (Å²) >= 11 is 0. The number of carbonyl (C=O) groups is 1. The van der Waals surface area contributed by atoms with Gasteiger partial charge in [-0.3, -0.25) is 10.1 Å². The number of rotatable bonds is 8. The molecule has 1 saturated carbocycles. The first-order chi connectivity index (χ1) is 7.89. The highest BCUT2D eigenvalue weighted by atomic mass is 16.4. The molecule has 1 unspecified atom stereocenters. The van der Waals surface area contributed by atoms with Crippen molar-refractivity contribution in [2.24, 2.45) is 0 Å². The van der Waals surface area contributed by atoms with Gasteiger partial charge in [0.25, 0.3) is 0 Å². The van der Waals surface area contributed by atoms with Crippen LogP contribution in [0.25, 0.3) is 0 Å². The first-order valence-corrected chi connectivity index (χ1v) is 6.64. The first kappa shape index (κ1) is 14.5. The highest BCUT2D eigenvalue weighted by molar-refractivity contribution is 5.78. The van der Waals surface area contributed by atoms with E-state index < -0.39 is 11.5 Å². The number of hydrogen-bond acceptors (Lipinski definition) is 3. The zero-order chi connectivity index (χ0) is 13.1.